The average Bonchev–Trinajstić information content (AvgIpc) is 2.59. The number of amides is 2. The summed E-state index contributed by atoms with van der Waals surface area (Å²) in [5.41, 5.74) is 7.09. The number of nitrogens with two attached hydrogens (primary N) is 1. The maximum Gasteiger partial charge on any atom is 0.251 e. The zero-order chi connectivity index (χ0) is 18.2. The van der Waals surface area contributed by atoms with Gasteiger partial charge in [0.1, 0.15) is 5.82 Å². The van der Waals surface area contributed by atoms with Gasteiger partial charge < -0.3 is 16.4 Å². The Morgan fingerprint density at radius 1 is 1.12 bits per heavy atom. The Bertz CT molecular complexity index is 736. The molecule has 0 radical (unpaired) electrons. The molecule has 0 fully saturated rings. The number of carbonyl (C=O) groups is 2. The molecule has 0 spiro atoms. The molecule has 26 heavy (non-hydrogen) atoms. The third-order valence-electron chi connectivity index (χ3n) is 3.65. The van der Waals surface area contributed by atoms with E-state index in [0.29, 0.717) is 29.7 Å². The quantitative estimate of drug-likeness (QED) is 0.690. The summed E-state index contributed by atoms with van der Waals surface area (Å²) in [6, 6.07) is 12.8. The molecular weight excluding hydrogens is 357 g/mol. The third-order valence-corrected chi connectivity index (χ3v) is 3.65. The number of halogens is 2. The van der Waals surface area contributed by atoms with Gasteiger partial charge in [-0.25, -0.2) is 4.39 Å². The zero-order valence-corrected chi connectivity index (χ0v) is 15.3. The van der Waals surface area contributed by atoms with Gasteiger partial charge in [0.25, 0.3) is 5.91 Å². The Kier molecular flexibility index (Phi) is 8.75. The highest BCUT2D eigenvalue weighted by atomic mass is 35.5. The Labute approximate surface area is 158 Å². The lowest BCUT2D eigenvalue weighted by molar-refractivity contribution is -0.116. The topological polar surface area (TPSA) is 84.2 Å². The molecule has 0 aliphatic heterocycles. The molecule has 0 heterocycles. The minimum absolute atomic E-state index is 0. The first-order valence-electron chi connectivity index (χ1n) is 8.13. The summed E-state index contributed by atoms with van der Waals surface area (Å²) in [5, 5.41) is 5.42. The molecule has 2 aromatic rings. The van der Waals surface area contributed by atoms with Crippen molar-refractivity contribution in [2.75, 3.05) is 5.32 Å². The number of benzene rings is 2. The Hall–Kier alpha value is -2.44. The van der Waals surface area contributed by atoms with E-state index in [2.05, 4.69) is 10.6 Å². The maximum absolute atomic E-state index is 13.5. The van der Waals surface area contributed by atoms with E-state index in [4.69, 9.17) is 5.73 Å². The van der Waals surface area contributed by atoms with E-state index in [1.165, 1.54) is 6.07 Å². The smallest absolute Gasteiger partial charge is 0.251 e. The van der Waals surface area contributed by atoms with Crippen molar-refractivity contribution in [3.63, 3.8) is 0 Å². The molecule has 0 saturated carbocycles. The predicted octanol–water partition coefficient (Wildman–Crippen LogP) is 3.24. The van der Waals surface area contributed by atoms with Crippen molar-refractivity contribution >= 4 is 29.9 Å². The molecule has 1 atom stereocenters. The highest BCUT2D eigenvalue weighted by molar-refractivity contribution is 5.95. The fourth-order valence-electron chi connectivity index (χ4n) is 2.21. The highest BCUT2D eigenvalue weighted by Gasteiger charge is 2.08. The Balaban J connectivity index is 0.00000338. The van der Waals surface area contributed by atoms with Crippen molar-refractivity contribution in [3.8, 4) is 0 Å². The van der Waals surface area contributed by atoms with Gasteiger partial charge >= 0.3 is 0 Å². The SMILES string of the molecule is CC(N)CCC(=O)Nc1ccc(C(=O)NCc2ccccc2F)cc1.Cl. The van der Waals surface area contributed by atoms with Crippen LogP contribution in [0.1, 0.15) is 35.7 Å². The van der Waals surface area contributed by atoms with Gasteiger partial charge in [0.2, 0.25) is 5.91 Å². The van der Waals surface area contributed by atoms with Gasteiger partial charge in [0, 0.05) is 35.8 Å². The van der Waals surface area contributed by atoms with Gasteiger partial charge in [-0.15, -0.1) is 12.4 Å². The summed E-state index contributed by atoms with van der Waals surface area (Å²) in [6.45, 7) is 1.96. The molecule has 7 heteroatoms. The van der Waals surface area contributed by atoms with E-state index in [1.54, 1.807) is 42.5 Å². The lowest BCUT2D eigenvalue weighted by Gasteiger charge is -2.09. The van der Waals surface area contributed by atoms with E-state index in [9.17, 15) is 14.0 Å². The maximum atomic E-state index is 13.5. The van der Waals surface area contributed by atoms with Gasteiger partial charge in [0.05, 0.1) is 0 Å². The second-order valence-corrected chi connectivity index (χ2v) is 5.92. The normalized spacial score (nSPS) is 11.2. The van der Waals surface area contributed by atoms with E-state index < -0.39 is 0 Å². The summed E-state index contributed by atoms with van der Waals surface area (Å²) >= 11 is 0. The van der Waals surface area contributed by atoms with Crippen LogP contribution in [-0.2, 0) is 11.3 Å². The average molecular weight is 380 g/mol. The molecule has 0 saturated heterocycles. The predicted molar refractivity (Wildman–Crippen MR) is 103 cm³/mol. The summed E-state index contributed by atoms with van der Waals surface area (Å²) in [6.07, 6.45) is 0.963. The lowest BCUT2D eigenvalue weighted by atomic mass is 10.1. The molecule has 5 nitrogen and oxygen atoms in total. The molecule has 2 amide bonds. The molecule has 0 aromatic heterocycles. The lowest BCUT2D eigenvalue weighted by Crippen LogP contribution is -2.23. The second kappa shape index (κ2) is 10.5. The fraction of sp³-hybridized carbons (Fsp3) is 0.263. The first-order valence-corrected chi connectivity index (χ1v) is 8.13. The number of carbonyl (C=O) groups excluding carboxylic acids is 2. The minimum Gasteiger partial charge on any atom is -0.348 e. The Morgan fingerprint density at radius 3 is 2.38 bits per heavy atom. The standard InChI is InChI=1S/C19H22FN3O2.ClH/c1-13(21)6-11-18(24)23-16-9-7-14(8-10-16)19(25)22-12-15-4-2-3-5-17(15)20;/h2-5,7-10,13H,6,11-12,21H2,1H3,(H,22,25)(H,23,24);1H. The van der Waals surface area contributed by atoms with Crippen LogP contribution in [0.3, 0.4) is 0 Å². The van der Waals surface area contributed by atoms with Gasteiger partial charge in [-0.05, 0) is 43.7 Å². The second-order valence-electron chi connectivity index (χ2n) is 5.92. The summed E-state index contributed by atoms with van der Waals surface area (Å²) in [4.78, 5) is 23.9. The van der Waals surface area contributed by atoms with Gasteiger partial charge in [0.15, 0.2) is 0 Å². The fourth-order valence-corrected chi connectivity index (χ4v) is 2.21. The van der Waals surface area contributed by atoms with Gasteiger partial charge in [-0.1, -0.05) is 18.2 Å². The van der Waals surface area contributed by atoms with Crippen molar-refractivity contribution in [3.05, 3.63) is 65.5 Å². The molecule has 4 N–H and O–H groups in total. The van der Waals surface area contributed by atoms with Crippen LogP contribution in [0.5, 0.6) is 0 Å². The summed E-state index contributed by atoms with van der Waals surface area (Å²) in [7, 11) is 0. The third kappa shape index (κ3) is 6.82. The van der Waals surface area contributed by atoms with E-state index in [0.717, 1.165) is 0 Å². The molecule has 1 unspecified atom stereocenters. The molecule has 140 valence electrons. The summed E-state index contributed by atoms with van der Waals surface area (Å²) in [5.74, 6) is -0.778. The number of nitrogens with one attached hydrogen (secondary N) is 2. The molecule has 2 rings (SSSR count). The van der Waals surface area contributed by atoms with Crippen molar-refractivity contribution in [2.45, 2.75) is 32.4 Å². The van der Waals surface area contributed by atoms with Crippen molar-refractivity contribution < 1.29 is 14.0 Å². The van der Waals surface area contributed by atoms with Crippen molar-refractivity contribution in [2.24, 2.45) is 5.73 Å². The number of anilines is 1. The molecular formula is C19H23ClFN3O2. The molecule has 0 aliphatic rings. The van der Waals surface area contributed by atoms with Crippen LogP contribution in [0.25, 0.3) is 0 Å². The van der Waals surface area contributed by atoms with Crippen LogP contribution < -0.4 is 16.4 Å². The van der Waals surface area contributed by atoms with E-state index >= 15 is 0 Å². The van der Waals surface area contributed by atoms with Crippen molar-refractivity contribution in [1.82, 2.24) is 5.32 Å². The number of hydrogen-bond acceptors (Lipinski definition) is 3. The van der Waals surface area contributed by atoms with Crippen LogP contribution in [-0.4, -0.2) is 17.9 Å². The summed E-state index contributed by atoms with van der Waals surface area (Å²) < 4.78 is 13.5. The number of rotatable bonds is 7. The first kappa shape index (κ1) is 21.6. The number of hydrogen-bond donors (Lipinski definition) is 3. The monoisotopic (exact) mass is 379 g/mol. The molecule has 0 bridgehead atoms. The molecule has 0 aliphatic carbocycles. The van der Waals surface area contributed by atoms with E-state index in [-0.39, 0.29) is 42.6 Å². The van der Waals surface area contributed by atoms with Crippen LogP contribution >= 0.6 is 12.4 Å². The van der Waals surface area contributed by atoms with Gasteiger partial charge in [-0.2, -0.15) is 0 Å². The largest absolute Gasteiger partial charge is 0.348 e. The molecule has 2 aromatic carbocycles. The van der Waals surface area contributed by atoms with Crippen LogP contribution in [0.15, 0.2) is 48.5 Å². The zero-order valence-electron chi connectivity index (χ0n) is 14.5. The first-order chi connectivity index (χ1) is 12.0. The van der Waals surface area contributed by atoms with E-state index in [1.807, 2.05) is 6.92 Å². The van der Waals surface area contributed by atoms with Gasteiger partial charge in [-0.3, -0.25) is 9.59 Å². The Morgan fingerprint density at radius 2 is 1.77 bits per heavy atom. The van der Waals surface area contributed by atoms with Crippen molar-refractivity contribution in [1.29, 1.82) is 0 Å². The minimum atomic E-state index is -0.354. The van der Waals surface area contributed by atoms with Crippen LogP contribution in [0.2, 0.25) is 0 Å². The van der Waals surface area contributed by atoms with Crippen LogP contribution in [0.4, 0.5) is 10.1 Å². The highest BCUT2D eigenvalue weighted by Crippen LogP contribution is 2.11. The van der Waals surface area contributed by atoms with Crippen LogP contribution in [0, 0.1) is 5.82 Å².